The van der Waals surface area contributed by atoms with Crippen molar-refractivity contribution in [1.29, 1.82) is 0 Å². The number of carbonyl (C=O) groups excluding carboxylic acids is 1. The van der Waals surface area contributed by atoms with Gasteiger partial charge in [-0.3, -0.25) is 14.2 Å². The molecule has 0 unspecified atom stereocenters. The lowest BCUT2D eigenvalue weighted by molar-refractivity contribution is 0.0970. The van der Waals surface area contributed by atoms with Gasteiger partial charge in [-0.1, -0.05) is 0 Å². The number of nitrogens with zero attached hydrogens (tertiary/aromatic N) is 3. The van der Waals surface area contributed by atoms with E-state index in [-0.39, 0.29) is 17.9 Å². The second-order valence-electron chi connectivity index (χ2n) is 5.99. The quantitative estimate of drug-likeness (QED) is 0.690. The Kier molecular flexibility index (Phi) is 3.93. The van der Waals surface area contributed by atoms with Crippen LogP contribution < -0.4 is 5.56 Å². The molecule has 3 heterocycles. The maximum atomic E-state index is 12.7. The Labute approximate surface area is 138 Å². The SMILES string of the molecule is Cc1cc(C(=O)Cn2cnc3sccc3c2=O)c(C)n1C(C)C. The minimum atomic E-state index is -0.165. The Hall–Kier alpha value is -2.21. The highest BCUT2D eigenvalue weighted by molar-refractivity contribution is 7.16. The molecule has 0 N–H and O–H groups in total. The van der Waals surface area contributed by atoms with Crippen molar-refractivity contribution in [2.24, 2.45) is 0 Å². The zero-order valence-corrected chi connectivity index (χ0v) is 14.5. The largest absolute Gasteiger partial charge is 0.346 e. The van der Waals surface area contributed by atoms with E-state index < -0.39 is 0 Å². The summed E-state index contributed by atoms with van der Waals surface area (Å²) in [6.07, 6.45) is 1.46. The highest BCUT2D eigenvalue weighted by atomic mass is 32.1. The summed E-state index contributed by atoms with van der Waals surface area (Å²) < 4.78 is 3.52. The van der Waals surface area contributed by atoms with Crippen LogP contribution in [0.3, 0.4) is 0 Å². The van der Waals surface area contributed by atoms with Gasteiger partial charge in [0.25, 0.3) is 5.56 Å². The number of thiophene rings is 1. The average Bonchev–Trinajstić information content (AvgIpc) is 3.06. The fourth-order valence-corrected chi connectivity index (χ4v) is 3.82. The van der Waals surface area contributed by atoms with Crippen molar-refractivity contribution in [2.75, 3.05) is 0 Å². The van der Waals surface area contributed by atoms with E-state index in [1.54, 1.807) is 6.07 Å². The Morgan fingerprint density at radius 2 is 2.09 bits per heavy atom. The summed E-state index contributed by atoms with van der Waals surface area (Å²) in [6, 6.07) is 3.95. The molecule has 0 amide bonds. The second kappa shape index (κ2) is 5.77. The molecule has 3 aromatic heterocycles. The lowest BCUT2D eigenvalue weighted by Gasteiger charge is -2.13. The van der Waals surface area contributed by atoms with Gasteiger partial charge in [0, 0.05) is 23.0 Å². The molecule has 0 fully saturated rings. The number of ketones is 1. The summed E-state index contributed by atoms with van der Waals surface area (Å²) >= 11 is 1.42. The fraction of sp³-hybridized carbons (Fsp3) is 0.353. The van der Waals surface area contributed by atoms with E-state index >= 15 is 0 Å². The first-order chi connectivity index (χ1) is 10.9. The molecule has 0 aliphatic rings. The lowest BCUT2D eigenvalue weighted by atomic mass is 10.1. The van der Waals surface area contributed by atoms with Gasteiger partial charge in [0.05, 0.1) is 18.3 Å². The number of rotatable bonds is 4. The van der Waals surface area contributed by atoms with Gasteiger partial charge in [0.1, 0.15) is 4.83 Å². The van der Waals surface area contributed by atoms with Crippen molar-refractivity contribution in [3.05, 3.63) is 51.1 Å². The van der Waals surface area contributed by atoms with Crippen molar-refractivity contribution >= 4 is 27.3 Å². The monoisotopic (exact) mass is 329 g/mol. The third-order valence-corrected chi connectivity index (χ3v) is 4.89. The lowest BCUT2D eigenvalue weighted by Crippen LogP contribution is -2.24. The molecule has 23 heavy (non-hydrogen) atoms. The molecule has 0 aliphatic carbocycles. The summed E-state index contributed by atoms with van der Waals surface area (Å²) in [5, 5.41) is 2.40. The van der Waals surface area contributed by atoms with E-state index in [9.17, 15) is 9.59 Å². The molecule has 5 nitrogen and oxygen atoms in total. The maximum Gasteiger partial charge on any atom is 0.262 e. The summed E-state index contributed by atoms with van der Waals surface area (Å²) in [5.41, 5.74) is 2.51. The third-order valence-electron chi connectivity index (χ3n) is 4.07. The Bertz CT molecular complexity index is 947. The van der Waals surface area contributed by atoms with Gasteiger partial charge in [-0.25, -0.2) is 4.98 Å². The molecule has 0 aliphatic heterocycles. The second-order valence-corrected chi connectivity index (χ2v) is 6.88. The van der Waals surface area contributed by atoms with Gasteiger partial charge in [0.2, 0.25) is 0 Å². The molecular formula is C17H19N3O2S. The van der Waals surface area contributed by atoms with E-state index in [0.29, 0.717) is 21.8 Å². The summed E-state index contributed by atoms with van der Waals surface area (Å²) in [4.78, 5) is 30.0. The molecular weight excluding hydrogens is 310 g/mol. The number of fused-ring (bicyclic) bond motifs is 1. The normalized spacial score (nSPS) is 11.5. The van der Waals surface area contributed by atoms with Crippen molar-refractivity contribution in [2.45, 2.75) is 40.3 Å². The molecule has 0 atom stereocenters. The predicted octanol–water partition coefficient (Wildman–Crippen LogP) is 3.34. The van der Waals surface area contributed by atoms with Crippen molar-refractivity contribution in [1.82, 2.24) is 14.1 Å². The molecule has 0 saturated heterocycles. The van der Waals surface area contributed by atoms with Crippen LogP contribution in [0.1, 0.15) is 41.6 Å². The average molecular weight is 329 g/mol. The van der Waals surface area contributed by atoms with Gasteiger partial charge in [0.15, 0.2) is 5.78 Å². The molecule has 0 aromatic carbocycles. The van der Waals surface area contributed by atoms with E-state index in [0.717, 1.165) is 11.4 Å². The molecule has 0 saturated carbocycles. The first-order valence-electron chi connectivity index (χ1n) is 7.54. The molecule has 0 radical (unpaired) electrons. The number of hydrogen-bond acceptors (Lipinski definition) is 4. The van der Waals surface area contributed by atoms with E-state index in [1.165, 1.54) is 22.2 Å². The van der Waals surface area contributed by atoms with Gasteiger partial charge in [-0.05, 0) is 45.2 Å². The van der Waals surface area contributed by atoms with E-state index in [2.05, 4.69) is 23.4 Å². The molecule has 3 aromatic rings. The van der Waals surface area contributed by atoms with E-state index in [4.69, 9.17) is 0 Å². The molecule has 120 valence electrons. The summed E-state index contributed by atoms with van der Waals surface area (Å²) in [7, 11) is 0. The number of carbonyl (C=O) groups is 1. The van der Waals surface area contributed by atoms with Crippen LogP contribution in [0.15, 0.2) is 28.6 Å². The number of Topliss-reactive ketones (excluding diaryl/α,β-unsaturated/α-hetero) is 1. The van der Waals surface area contributed by atoms with Crippen LogP contribution in [0.5, 0.6) is 0 Å². The highest BCUT2D eigenvalue weighted by Gasteiger charge is 2.18. The smallest absolute Gasteiger partial charge is 0.262 e. The van der Waals surface area contributed by atoms with Crippen molar-refractivity contribution < 1.29 is 4.79 Å². The summed E-state index contributed by atoms with van der Waals surface area (Å²) in [6.45, 7) is 8.14. The zero-order valence-electron chi connectivity index (χ0n) is 13.7. The Balaban J connectivity index is 1.97. The molecule has 0 spiro atoms. The first-order valence-corrected chi connectivity index (χ1v) is 8.42. The Morgan fingerprint density at radius 1 is 1.35 bits per heavy atom. The van der Waals surface area contributed by atoms with Crippen LogP contribution in [0, 0.1) is 13.8 Å². The fourth-order valence-electron chi connectivity index (χ4n) is 3.10. The zero-order chi connectivity index (χ0) is 16.7. The van der Waals surface area contributed by atoms with Crippen LogP contribution in [-0.2, 0) is 6.54 Å². The van der Waals surface area contributed by atoms with Gasteiger partial charge in [-0.15, -0.1) is 11.3 Å². The van der Waals surface area contributed by atoms with Gasteiger partial charge >= 0.3 is 0 Å². The Morgan fingerprint density at radius 3 is 2.74 bits per heavy atom. The number of hydrogen-bond donors (Lipinski definition) is 0. The molecule has 0 bridgehead atoms. The topological polar surface area (TPSA) is 56.9 Å². The third kappa shape index (κ3) is 2.63. The standard InChI is InChI=1S/C17H19N3O2S/c1-10(2)20-11(3)7-14(12(20)4)15(21)8-19-9-18-16-13(17(19)22)5-6-23-16/h5-7,9-10H,8H2,1-4H3. The van der Waals surface area contributed by atoms with Gasteiger partial charge in [-0.2, -0.15) is 0 Å². The highest BCUT2D eigenvalue weighted by Crippen LogP contribution is 2.21. The van der Waals surface area contributed by atoms with Crippen LogP contribution >= 0.6 is 11.3 Å². The first kappa shape index (κ1) is 15.7. The van der Waals surface area contributed by atoms with Crippen LogP contribution in [-0.4, -0.2) is 19.9 Å². The maximum absolute atomic E-state index is 12.7. The molecule has 6 heteroatoms. The summed E-state index contributed by atoms with van der Waals surface area (Å²) in [5.74, 6) is -0.0662. The van der Waals surface area contributed by atoms with Crippen LogP contribution in [0.2, 0.25) is 0 Å². The number of aromatic nitrogens is 3. The minimum Gasteiger partial charge on any atom is -0.346 e. The van der Waals surface area contributed by atoms with Crippen LogP contribution in [0.4, 0.5) is 0 Å². The van der Waals surface area contributed by atoms with E-state index in [1.807, 2.05) is 25.3 Å². The van der Waals surface area contributed by atoms with Gasteiger partial charge < -0.3 is 4.57 Å². The minimum absolute atomic E-state index is 0.0139. The van der Waals surface area contributed by atoms with Crippen LogP contribution in [0.25, 0.3) is 10.2 Å². The molecule has 3 rings (SSSR count). The predicted molar refractivity (Wildman–Crippen MR) is 92.5 cm³/mol. The van der Waals surface area contributed by atoms with Crippen molar-refractivity contribution in [3.8, 4) is 0 Å². The number of aryl methyl sites for hydroxylation is 1. The van der Waals surface area contributed by atoms with Crippen molar-refractivity contribution in [3.63, 3.8) is 0 Å².